The molecule has 0 saturated carbocycles. The molecular formula is C12H20Cl2O2. The second-order valence-corrected chi connectivity index (χ2v) is 4.89. The molecule has 0 aliphatic heterocycles. The van der Waals surface area contributed by atoms with Crippen LogP contribution in [-0.4, -0.2) is 10.5 Å². The SMILES string of the molecule is CCCCC(CCCCCC(=O)Cl)C(=O)Cl. The molecule has 0 aromatic heterocycles. The Labute approximate surface area is 108 Å². The van der Waals surface area contributed by atoms with Gasteiger partial charge < -0.3 is 0 Å². The van der Waals surface area contributed by atoms with E-state index in [0.717, 1.165) is 44.9 Å². The Bertz CT molecular complexity index is 217. The third-order valence-corrected chi connectivity index (χ3v) is 3.15. The standard InChI is InChI=1S/C12H20Cl2O2/c1-2-3-7-10(12(14)16)8-5-4-6-9-11(13)15/h10H,2-9H2,1H3. The number of unbranched alkanes of at least 4 members (excludes halogenated alkanes) is 3. The highest BCUT2D eigenvalue weighted by Crippen LogP contribution is 2.19. The van der Waals surface area contributed by atoms with Crippen molar-refractivity contribution in [1.29, 1.82) is 0 Å². The fraction of sp³-hybridized carbons (Fsp3) is 0.833. The summed E-state index contributed by atoms with van der Waals surface area (Å²) in [6.45, 7) is 2.10. The zero-order valence-corrected chi connectivity index (χ0v) is 11.3. The highest BCUT2D eigenvalue weighted by atomic mass is 35.5. The molecule has 0 amide bonds. The Kier molecular flexibility index (Phi) is 10.0. The van der Waals surface area contributed by atoms with Crippen molar-refractivity contribution in [2.75, 3.05) is 0 Å². The average Bonchev–Trinajstić information content (AvgIpc) is 2.21. The highest BCUT2D eigenvalue weighted by Gasteiger charge is 2.14. The van der Waals surface area contributed by atoms with E-state index in [9.17, 15) is 9.59 Å². The first-order valence-electron chi connectivity index (χ1n) is 5.95. The van der Waals surface area contributed by atoms with Crippen molar-refractivity contribution in [1.82, 2.24) is 0 Å². The minimum atomic E-state index is -0.282. The van der Waals surface area contributed by atoms with Gasteiger partial charge >= 0.3 is 0 Å². The molecule has 0 spiro atoms. The summed E-state index contributed by atoms with van der Waals surface area (Å²) in [4.78, 5) is 21.6. The van der Waals surface area contributed by atoms with Crippen LogP contribution in [-0.2, 0) is 9.59 Å². The fourth-order valence-corrected chi connectivity index (χ4v) is 2.01. The Balaban J connectivity index is 3.60. The molecule has 0 fully saturated rings. The monoisotopic (exact) mass is 266 g/mol. The van der Waals surface area contributed by atoms with Gasteiger partial charge in [-0.3, -0.25) is 9.59 Å². The van der Waals surface area contributed by atoms with Crippen LogP contribution in [0.3, 0.4) is 0 Å². The molecule has 0 aromatic rings. The Morgan fingerprint density at radius 1 is 1.00 bits per heavy atom. The molecular weight excluding hydrogens is 247 g/mol. The molecule has 2 nitrogen and oxygen atoms in total. The second kappa shape index (κ2) is 10.1. The van der Waals surface area contributed by atoms with E-state index < -0.39 is 0 Å². The van der Waals surface area contributed by atoms with E-state index >= 15 is 0 Å². The summed E-state index contributed by atoms with van der Waals surface area (Å²) in [6.07, 6.45) is 6.95. The summed E-state index contributed by atoms with van der Waals surface area (Å²) in [7, 11) is 0. The van der Waals surface area contributed by atoms with Gasteiger partial charge in [0.05, 0.1) is 0 Å². The highest BCUT2D eigenvalue weighted by molar-refractivity contribution is 6.64. The molecule has 0 saturated heterocycles. The minimum Gasteiger partial charge on any atom is -0.281 e. The summed E-state index contributed by atoms with van der Waals surface area (Å²) < 4.78 is 0. The van der Waals surface area contributed by atoms with Gasteiger partial charge in [-0.25, -0.2) is 0 Å². The molecule has 0 radical (unpaired) electrons. The van der Waals surface area contributed by atoms with Crippen molar-refractivity contribution < 1.29 is 9.59 Å². The van der Waals surface area contributed by atoms with Crippen molar-refractivity contribution >= 4 is 33.7 Å². The molecule has 1 unspecified atom stereocenters. The third-order valence-electron chi connectivity index (χ3n) is 2.65. The average molecular weight is 267 g/mol. The molecule has 0 aliphatic rings. The van der Waals surface area contributed by atoms with Crippen molar-refractivity contribution in [3.8, 4) is 0 Å². The van der Waals surface area contributed by atoms with Crippen LogP contribution in [0.15, 0.2) is 0 Å². The third kappa shape index (κ3) is 9.17. The van der Waals surface area contributed by atoms with E-state index in [1.165, 1.54) is 0 Å². The largest absolute Gasteiger partial charge is 0.281 e. The molecule has 4 heteroatoms. The summed E-state index contributed by atoms with van der Waals surface area (Å²) in [5, 5.41) is -0.502. The van der Waals surface area contributed by atoms with E-state index in [1.807, 2.05) is 0 Å². The zero-order chi connectivity index (χ0) is 12.4. The van der Waals surface area contributed by atoms with Gasteiger partial charge in [0.15, 0.2) is 0 Å². The van der Waals surface area contributed by atoms with Crippen molar-refractivity contribution in [2.24, 2.45) is 5.92 Å². The summed E-state index contributed by atoms with van der Waals surface area (Å²) in [5.74, 6) is -0.00619. The van der Waals surface area contributed by atoms with Crippen LogP contribution in [0, 0.1) is 5.92 Å². The normalized spacial score (nSPS) is 12.4. The Morgan fingerprint density at radius 2 is 1.62 bits per heavy atom. The van der Waals surface area contributed by atoms with Gasteiger partial charge in [-0.05, 0) is 42.5 Å². The topological polar surface area (TPSA) is 34.1 Å². The van der Waals surface area contributed by atoms with Gasteiger partial charge in [0.2, 0.25) is 10.5 Å². The number of hydrogen-bond acceptors (Lipinski definition) is 2. The summed E-state index contributed by atoms with van der Waals surface area (Å²) in [6, 6.07) is 0. The summed E-state index contributed by atoms with van der Waals surface area (Å²) >= 11 is 10.8. The first-order chi connectivity index (χ1) is 7.57. The quantitative estimate of drug-likeness (QED) is 0.437. The maximum Gasteiger partial charge on any atom is 0.224 e. The van der Waals surface area contributed by atoms with Crippen molar-refractivity contribution in [3.05, 3.63) is 0 Å². The number of hydrogen-bond donors (Lipinski definition) is 0. The lowest BCUT2D eigenvalue weighted by Gasteiger charge is -2.11. The molecule has 0 aromatic carbocycles. The molecule has 0 aliphatic carbocycles. The van der Waals surface area contributed by atoms with Crippen molar-refractivity contribution in [2.45, 2.75) is 58.3 Å². The minimum absolute atomic E-state index is 0.00619. The molecule has 16 heavy (non-hydrogen) atoms. The number of carbonyl (C=O) groups is 2. The molecule has 1 atom stereocenters. The van der Waals surface area contributed by atoms with Gasteiger partial charge in [0.25, 0.3) is 0 Å². The maximum atomic E-state index is 11.1. The van der Waals surface area contributed by atoms with Gasteiger partial charge in [-0.15, -0.1) is 0 Å². The first kappa shape index (κ1) is 15.9. The fourth-order valence-electron chi connectivity index (χ4n) is 1.65. The lowest BCUT2D eigenvalue weighted by molar-refractivity contribution is -0.115. The van der Waals surface area contributed by atoms with Gasteiger partial charge in [-0.1, -0.05) is 32.6 Å². The lowest BCUT2D eigenvalue weighted by Crippen LogP contribution is -2.08. The zero-order valence-electron chi connectivity index (χ0n) is 9.81. The molecule has 0 bridgehead atoms. The van der Waals surface area contributed by atoms with Gasteiger partial charge in [0.1, 0.15) is 0 Å². The molecule has 0 N–H and O–H groups in total. The predicted octanol–water partition coefficient (Wildman–Crippen LogP) is 4.27. The van der Waals surface area contributed by atoms with E-state index in [4.69, 9.17) is 23.2 Å². The molecule has 94 valence electrons. The smallest absolute Gasteiger partial charge is 0.224 e. The van der Waals surface area contributed by atoms with Crippen LogP contribution in [0.1, 0.15) is 58.3 Å². The number of carbonyl (C=O) groups excluding carboxylic acids is 2. The van der Waals surface area contributed by atoms with Crippen LogP contribution >= 0.6 is 23.2 Å². The van der Waals surface area contributed by atoms with Gasteiger partial charge in [-0.2, -0.15) is 0 Å². The second-order valence-electron chi connectivity index (χ2n) is 4.10. The molecule has 0 rings (SSSR count). The van der Waals surface area contributed by atoms with Crippen LogP contribution < -0.4 is 0 Å². The predicted molar refractivity (Wildman–Crippen MR) is 67.8 cm³/mol. The van der Waals surface area contributed by atoms with Crippen molar-refractivity contribution in [3.63, 3.8) is 0 Å². The lowest BCUT2D eigenvalue weighted by atomic mass is 9.96. The Morgan fingerprint density at radius 3 is 2.12 bits per heavy atom. The van der Waals surface area contributed by atoms with E-state index in [-0.39, 0.29) is 16.4 Å². The number of rotatable bonds is 10. The van der Waals surface area contributed by atoms with E-state index in [2.05, 4.69) is 6.92 Å². The van der Waals surface area contributed by atoms with E-state index in [0.29, 0.717) is 6.42 Å². The molecule has 0 heterocycles. The van der Waals surface area contributed by atoms with Crippen LogP contribution in [0.5, 0.6) is 0 Å². The van der Waals surface area contributed by atoms with Crippen LogP contribution in [0.25, 0.3) is 0 Å². The first-order valence-corrected chi connectivity index (χ1v) is 6.71. The maximum absolute atomic E-state index is 11.1. The van der Waals surface area contributed by atoms with E-state index in [1.54, 1.807) is 0 Å². The Hall–Kier alpha value is -0.0800. The summed E-state index contributed by atoms with van der Waals surface area (Å²) in [5.41, 5.74) is 0. The van der Waals surface area contributed by atoms with Gasteiger partial charge in [0, 0.05) is 12.3 Å². The van der Waals surface area contributed by atoms with Crippen LogP contribution in [0.2, 0.25) is 0 Å². The number of halogens is 2. The van der Waals surface area contributed by atoms with Crippen LogP contribution in [0.4, 0.5) is 0 Å².